The van der Waals surface area contributed by atoms with Gasteiger partial charge in [-0.2, -0.15) is 0 Å². The van der Waals surface area contributed by atoms with Crippen molar-refractivity contribution in [2.24, 2.45) is 0 Å². The number of rotatable bonds is 2. The zero-order valence-corrected chi connectivity index (χ0v) is 11.4. The summed E-state index contributed by atoms with van der Waals surface area (Å²) in [7, 11) is 0. The Morgan fingerprint density at radius 1 is 0.588 bits per heavy atom. The van der Waals surface area contributed by atoms with E-state index in [0.717, 1.165) is 0 Å². The van der Waals surface area contributed by atoms with Crippen LogP contribution in [0.2, 0.25) is 0 Å². The van der Waals surface area contributed by atoms with Crippen LogP contribution in [0.3, 0.4) is 0 Å². The van der Waals surface area contributed by atoms with Crippen LogP contribution in [0.25, 0.3) is 18.3 Å². The second-order valence-corrected chi connectivity index (χ2v) is 6.73. The van der Waals surface area contributed by atoms with E-state index in [-0.39, 0.29) is 20.4 Å². The summed E-state index contributed by atoms with van der Waals surface area (Å²) in [6.45, 7) is 0. The molecule has 0 spiro atoms. The molecule has 0 radical (unpaired) electrons. The van der Waals surface area contributed by atoms with Crippen molar-refractivity contribution in [3.63, 3.8) is 0 Å². The molecule has 3 heterocycles. The maximum absolute atomic E-state index is 4.06. The van der Waals surface area contributed by atoms with Crippen molar-refractivity contribution in [3.05, 3.63) is 61.2 Å². The van der Waals surface area contributed by atoms with Crippen LogP contribution >= 0.6 is 0 Å². The molecular formula is C14H10N2Te. The maximum atomic E-state index is 4.06. The first-order valence-electron chi connectivity index (χ1n) is 5.34. The van der Waals surface area contributed by atoms with E-state index in [9.17, 15) is 0 Å². The van der Waals surface area contributed by atoms with E-state index < -0.39 is 0 Å². The van der Waals surface area contributed by atoms with Gasteiger partial charge in [-0.3, -0.25) is 0 Å². The molecule has 0 aromatic carbocycles. The van der Waals surface area contributed by atoms with Gasteiger partial charge in [0.25, 0.3) is 0 Å². The number of pyridine rings is 2. The molecule has 17 heavy (non-hydrogen) atoms. The zero-order valence-electron chi connectivity index (χ0n) is 9.08. The van der Waals surface area contributed by atoms with Crippen LogP contribution in [0.15, 0.2) is 61.2 Å². The summed E-state index contributed by atoms with van der Waals surface area (Å²) < 4.78 is 2.95. The molecule has 0 aliphatic rings. The summed E-state index contributed by atoms with van der Waals surface area (Å²) in [5.41, 5.74) is 2.62. The molecule has 0 atom stereocenters. The Kier molecular flexibility index (Phi) is 3.04. The molecule has 0 bridgehead atoms. The molecule has 0 amide bonds. The molecule has 82 valence electrons. The minimum atomic E-state index is -0.273. The van der Waals surface area contributed by atoms with Crippen molar-refractivity contribution in [3.8, 4) is 18.3 Å². The fourth-order valence-corrected chi connectivity index (χ4v) is 4.58. The van der Waals surface area contributed by atoms with Gasteiger partial charge < -0.3 is 0 Å². The molecule has 3 aromatic rings. The second kappa shape index (κ2) is 4.83. The van der Waals surface area contributed by atoms with Crippen molar-refractivity contribution >= 4 is 20.4 Å². The van der Waals surface area contributed by atoms with Crippen LogP contribution in [0.1, 0.15) is 0 Å². The van der Waals surface area contributed by atoms with Crippen LogP contribution < -0.4 is 0 Å². The van der Waals surface area contributed by atoms with Gasteiger partial charge in [-0.15, -0.1) is 0 Å². The first-order valence-corrected chi connectivity index (χ1v) is 7.67. The van der Waals surface area contributed by atoms with Crippen LogP contribution in [0.4, 0.5) is 0 Å². The summed E-state index contributed by atoms with van der Waals surface area (Å²) in [6.07, 6.45) is 7.42. The number of nitrogens with zero attached hydrogens (tertiary/aromatic N) is 2. The Morgan fingerprint density at radius 2 is 1.00 bits per heavy atom. The average molecular weight is 334 g/mol. The predicted molar refractivity (Wildman–Crippen MR) is 69.8 cm³/mol. The molecule has 2 nitrogen and oxygen atoms in total. The Labute approximate surface area is 110 Å². The fraction of sp³-hybridized carbons (Fsp3) is 0. The first-order chi connectivity index (χ1) is 8.43. The number of hydrogen-bond acceptors (Lipinski definition) is 2. The molecule has 0 unspecified atom stereocenters. The Bertz CT molecular complexity index is 548. The Hall–Kier alpha value is -1.43. The summed E-state index contributed by atoms with van der Waals surface area (Å²) in [4.78, 5) is 8.11. The number of aromatic nitrogens is 2. The molecule has 0 saturated heterocycles. The third-order valence-electron chi connectivity index (χ3n) is 2.54. The molecule has 3 rings (SSSR count). The normalized spacial score (nSPS) is 10.4. The van der Waals surface area contributed by atoms with E-state index >= 15 is 0 Å². The van der Waals surface area contributed by atoms with Gasteiger partial charge in [0.2, 0.25) is 0 Å². The van der Waals surface area contributed by atoms with E-state index in [1.165, 1.54) is 18.3 Å². The van der Waals surface area contributed by atoms with E-state index in [2.05, 4.69) is 46.4 Å². The van der Waals surface area contributed by atoms with Gasteiger partial charge in [-0.25, -0.2) is 0 Å². The molecule has 3 heteroatoms. The van der Waals surface area contributed by atoms with Crippen molar-refractivity contribution in [2.45, 2.75) is 0 Å². The monoisotopic (exact) mass is 336 g/mol. The summed E-state index contributed by atoms with van der Waals surface area (Å²) in [6, 6.07) is 12.8. The zero-order chi connectivity index (χ0) is 11.5. The molecule has 0 aliphatic heterocycles. The molecule has 0 fully saturated rings. The van der Waals surface area contributed by atoms with Gasteiger partial charge >= 0.3 is 110 Å². The first kappa shape index (κ1) is 10.7. The van der Waals surface area contributed by atoms with Crippen molar-refractivity contribution in [1.82, 2.24) is 9.97 Å². The van der Waals surface area contributed by atoms with E-state index in [4.69, 9.17) is 0 Å². The quantitative estimate of drug-likeness (QED) is 0.674. The van der Waals surface area contributed by atoms with E-state index in [1.807, 2.05) is 24.8 Å². The molecule has 0 N–H and O–H groups in total. The van der Waals surface area contributed by atoms with Gasteiger partial charge in [0.1, 0.15) is 0 Å². The van der Waals surface area contributed by atoms with E-state index in [0.29, 0.717) is 0 Å². The minimum absolute atomic E-state index is 0.273. The molecule has 3 aromatic heterocycles. The van der Waals surface area contributed by atoms with Gasteiger partial charge in [-0.1, -0.05) is 0 Å². The van der Waals surface area contributed by atoms with Crippen LogP contribution in [-0.2, 0) is 0 Å². The standard InChI is InChI=1S/C14H10N2Te/c1-2-14(12-5-9-16-10-6-12)17-13(1)11-3-7-15-8-4-11/h1-10H. The summed E-state index contributed by atoms with van der Waals surface area (Å²) in [5, 5.41) is 0. The SMILES string of the molecule is c1cc(-c2ccc(-c3ccncc3)[te]2)ccn1. The van der Waals surface area contributed by atoms with E-state index in [1.54, 1.807) is 0 Å². The third kappa shape index (κ3) is 2.31. The molecule has 0 saturated carbocycles. The predicted octanol–water partition coefficient (Wildman–Crippen LogP) is 2.87. The van der Waals surface area contributed by atoms with Crippen LogP contribution in [0, 0.1) is 0 Å². The molecule has 0 aliphatic carbocycles. The van der Waals surface area contributed by atoms with Crippen molar-refractivity contribution < 1.29 is 0 Å². The molecular weight excluding hydrogens is 324 g/mol. The van der Waals surface area contributed by atoms with Gasteiger partial charge in [0, 0.05) is 0 Å². The van der Waals surface area contributed by atoms with Crippen molar-refractivity contribution in [2.75, 3.05) is 0 Å². The topological polar surface area (TPSA) is 25.8 Å². The Morgan fingerprint density at radius 3 is 1.41 bits per heavy atom. The van der Waals surface area contributed by atoms with Crippen LogP contribution in [0.5, 0.6) is 0 Å². The fourth-order valence-electron chi connectivity index (χ4n) is 1.68. The Balaban J connectivity index is 1.99. The summed E-state index contributed by atoms with van der Waals surface area (Å²) in [5.74, 6) is 0. The van der Waals surface area contributed by atoms with Crippen LogP contribution in [-0.4, -0.2) is 30.4 Å². The number of hydrogen-bond donors (Lipinski definition) is 0. The average Bonchev–Trinajstić information content (AvgIpc) is 2.90. The van der Waals surface area contributed by atoms with Crippen molar-refractivity contribution in [1.29, 1.82) is 0 Å². The second-order valence-electron chi connectivity index (χ2n) is 3.64. The van der Waals surface area contributed by atoms with Gasteiger partial charge in [-0.05, 0) is 0 Å². The summed E-state index contributed by atoms with van der Waals surface area (Å²) >= 11 is -0.273. The van der Waals surface area contributed by atoms with Gasteiger partial charge in [0.05, 0.1) is 0 Å². The van der Waals surface area contributed by atoms with Gasteiger partial charge in [0.15, 0.2) is 0 Å². The third-order valence-corrected chi connectivity index (χ3v) is 5.91.